The van der Waals surface area contributed by atoms with Crippen LogP contribution in [0, 0.1) is 0 Å². The molecule has 2 heterocycles. The Morgan fingerprint density at radius 1 is 1.50 bits per heavy atom. The Kier molecular flexibility index (Phi) is 4.60. The highest BCUT2D eigenvalue weighted by Crippen LogP contribution is 2.14. The molecule has 1 N–H and O–H groups in total. The predicted molar refractivity (Wildman–Crippen MR) is 70.8 cm³/mol. The highest BCUT2D eigenvalue weighted by atomic mass is 16.5. The molecule has 0 amide bonds. The van der Waals surface area contributed by atoms with E-state index in [-0.39, 0.29) is 5.69 Å². The number of aromatic nitrogens is 2. The van der Waals surface area contributed by atoms with E-state index in [0.29, 0.717) is 18.7 Å². The van der Waals surface area contributed by atoms with Gasteiger partial charge < -0.3 is 10.1 Å². The van der Waals surface area contributed by atoms with Crippen LogP contribution in [-0.2, 0) is 17.8 Å². The normalized spacial score (nSPS) is 21.3. The number of ether oxygens (including phenoxy) is 1. The van der Waals surface area contributed by atoms with Crippen LogP contribution in [0.2, 0.25) is 0 Å². The lowest BCUT2D eigenvalue weighted by Crippen LogP contribution is -2.39. The standard InChI is InChI=1S/C13H23N3O2/c1-3-15-8-9-16(13(15)17)7-6-14-11(2)12-5-4-10-18-12/h8-9,11-12,14H,3-7,10H2,1-2H3. The summed E-state index contributed by atoms with van der Waals surface area (Å²) in [5.74, 6) is 0. The predicted octanol–water partition coefficient (Wildman–Crippen LogP) is 0.827. The van der Waals surface area contributed by atoms with Crippen LogP contribution in [0.1, 0.15) is 26.7 Å². The minimum atomic E-state index is 0.0732. The molecule has 0 aliphatic carbocycles. The molecule has 0 aromatic carbocycles. The summed E-state index contributed by atoms with van der Waals surface area (Å²) in [5, 5.41) is 3.43. The third-order valence-corrected chi connectivity index (χ3v) is 3.60. The van der Waals surface area contributed by atoms with Gasteiger partial charge in [-0.15, -0.1) is 0 Å². The van der Waals surface area contributed by atoms with Crippen LogP contribution in [0.5, 0.6) is 0 Å². The summed E-state index contributed by atoms with van der Waals surface area (Å²) in [6.45, 7) is 7.25. The van der Waals surface area contributed by atoms with Crippen molar-refractivity contribution in [2.24, 2.45) is 0 Å². The third-order valence-electron chi connectivity index (χ3n) is 3.60. The van der Waals surface area contributed by atoms with Gasteiger partial charge in [-0.2, -0.15) is 0 Å². The lowest BCUT2D eigenvalue weighted by Gasteiger charge is -2.19. The summed E-state index contributed by atoms with van der Waals surface area (Å²) in [4.78, 5) is 11.8. The van der Waals surface area contributed by atoms with Gasteiger partial charge in [0.05, 0.1) is 6.10 Å². The van der Waals surface area contributed by atoms with Crippen molar-refractivity contribution in [2.75, 3.05) is 13.2 Å². The van der Waals surface area contributed by atoms with Gasteiger partial charge in [0.15, 0.2) is 0 Å². The molecule has 1 saturated heterocycles. The Hall–Kier alpha value is -1.07. The average Bonchev–Trinajstić information content (AvgIpc) is 3.00. The summed E-state index contributed by atoms with van der Waals surface area (Å²) in [7, 11) is 0. The van der Waals surface area contributed by atoms with Crippen molar-refractivity contribution < 1.29 is 4.74 Å². The second-order valence-corrected chi connectivity index (χ2v) is 4.85. The molecule has 1 aliphatic rings. The van der Waals surface area contributed by atoms with Crippen molar-refractivity contribution in [3.63, 3.8) is 0 Å². The molecule has 1 fully saturated rings. The SMILES string of the molecule is CCn1ccn(CCNC(C)C2CCCO2)c1=O. The zero-order chi connectivity index (χ0) is 13.0. The number of imidazole rings is 1. The van der Waals surface area contributed by atoms with Gasteiger partial charge in [0.25, 0.3) is 0 Å². The van der Waals surface area contributed by atoms with Crippen LogP contribution in [0.3, 0.4) is 0 Å². The van der Waals surface area contributed by atoms with E-state index in [1.807, 2.05) is 19.3 Å². The Labute approximate surface area is 108 Å². The molecule has 18 heavy (non-hydrogen) atoms. The summed E-state index contributed by atoms with van der Waals surface area (Å²) in [6.07, 6.45) is 6.33. The van der Waals surface area contributed by atoms with Gasteiger partial charge in [-0.25, -0.2) is 4.79 Å². The van der Waals surface area contributed by atoms with Crippen molar-refractivity contribution in [3.8, 4) is 0 Å². The first-order valence-electron chi connectivity index (χ1n) is 6.83. The van der Waals surface area contributed by atoms with Crippen molar-refractivity contribution in [1.82, 2.24) is 14.5 Å². The van der Waals surface area contributed by atoms with Crippen LogP contribution >= 0.6 is 0 Å². The first-order chi connectivity index (χ1) is 8.72. The summed E-state index contributed by atoms with van der Waals surface area (Å²) < 4.78 is 9.09. The van der Waals surface area contributed by atoms with E-state index in [2.05, 4.69) is 12.2 Å². The van der Waals surface area contributed by atoms with E-state index in [1.165, 1.54) is 0 Å². The second kappa shape index (κ2) is 6.20. The van der Waals surface area contributed by atoms with Crippen LogP contribution in [0.25, 0.3) is 0 Å². The summed E-state index contributed by atoms with van der Waals surface area (Å²) >= 11 is 0. The van der Waals surface area contributed by atoms with Gasteiger partial charge in [0.2, 0.25) is 0 Å². The molecular weight excluding hydrogens is 230 g/mol. The molecule has 0 saturated carbocycles. The minimum absolute atomic E-state index is 0.0732. The minimum Gasteiger partial charge on any atom is -0.377 e. The van der Waals surface area contributed by atoms with Crippen molar-refractivity contribution >= 4 is 0 Å². The zero-order valence-electron chi connectivity index (χ0n) is 11.3. The molecular formula is C13H23N3O2. The van der Waals surface area contributed by atoms with Gasteiger partial charge in [0, 0.05) is 44.7 Å². The van der Waals surface area contributed by atoms with E-state index in [0.717, 1.165) is 32.5 Å². The number of hydrogen-bond donors (Lipinski definition) is 1. The molecule has 2 atom stereocenters. The van der Waals surface area contributed by atoms with Gasteiger partial charge in [-0.3, -0.25) is 9.13 Å². The van der Waals surface area contributed by atoms with E-state index >= 15 is 0 Å². The molecule has 102 valence electrons. The van der Waals surface area contributed by atoms with Crippen LogP contribution in [0.15, 0.2) is 17.2 Å². The highest BCUT2D eigenvalue weighted by molar-refractivity contribution is 4.82. The topological polar surface area (TPSA) is 48.2 Å². The number of hydrogen-bond acceptors (Lipinski definition) is 3. The maximum absolute atomic E-state index is 11.8. The number of nitrogens with zero attached hydrogens (tertiary/aromatic N) is 2. The molecule has 1 aromatic rings. The second-order valence-electron chi connectivity index (χ2n) is 4.85. The lowest BCUT2D eigenvalue weighted by atomic mass is 10.1. The quantitative estimate of drug-likeness (QED) is 0.817. The van der Waals surface area contributed by atoms with Gasteiger partial charge >= 0.3 is 5.69 Å². The molecule has 0 spiro atoms. The van der Waals surface area contributed by atoms with Gasteiger partial charge in [-0.05, 0) is 26.7 Å². The first-order valence-corrected chi connectivity index (χ1v) is 6.83. The molecule has 5 heteroatoms. The molecule has 2 unspecified atom stereocenters. The molecule has 2 rings (SSSR count). The van der Waals surface area contributed by atoms with E-state index in [4.69, 9.17) is 4.74 Å². The van der Waals surface area contributed by atoms with E-state index in [1.54, 1.807) is 9.13 Å². The highest BCUT2D eigenvalue weighted by Gasteiger charge is 2.21. The van der Waals surface area contributed by atoms with E-state index < -0.39 is 0 Å². The number of nitrogens with one attached hydrogen (secondary N) is 1. The van der Waals surface area contributed by atoms with Crippen molar-refractivity contribution in [3.05, 3.63) is 22.9 Å². The number of aryl methyl sites for hydroxylation is 1. The molecule has 0 bridgehead atoms. The maximum Gasteiger partial charge on any atom is 0.328 e. The van der Waals surface area contributed by atoms with Gasteiger partial charge in [0.1, 0.15) is 0 Å². The van der Waals surface area contributed by atoms with Crippen LogP contribution < -0.4 is 11.0 Å². The third kappa shape index (κ3) is 3.03. The Balaban J connectivity index is 1.77. The Bertz CT molecular complexity index is 418. The fourth-order valence-electron chi connectivity index (χ4n) is 2.41. The largest absolute Gasteiger partial charge is 0.377 e. The molecule has 5 nitrogen and oxygen atoms in total. The van der Waals surface area contributed by atoms with Crippen molar-refractivity contribution in [2.45, 2.75) is 51.9 Å². The summed E-state index contributed by atoms with van der Waals surface area (Å²) in [5.41, 5.74) is 0.0732. The zero-order valence-corrected chi connectivity index (χ0v) is 11.3. The molecule has 1 aliphatic heterocycles. The summed E-state index contributed by atoms with van der Waals surface area (Å²) in [6, 6.07) is 0.358. The molecule has 1 aromatic heterocycles. The van der Waals surface area contributed by atoms with Crippen molar-refractivity contribution in [1.29, 1.82) is 0 Å². The maximum atomic E-state index is 11.8. The van der Waals surface area contributed by atoms with E-state index in [9.17, 15) is 4.79 Å². The Morgan fingerprint density at radius 3 is 2.89 bits per heavy atom. The monoisotopic (exact) mass is 253 g/mol. The fourth-order valence-corrected chi connectivity index (χ4v) is 2.41. The lowest BCUT2D eigenvalue weighted by molar-refractivity contribution is 0.0835. The van der Waals surface area contributed by atoms with Crippen LogP contribution in [0.4, 0.5) is 0 Å². The molecule has 0 radical (unpaired) electrons. The smallest absolute Gasteiger partial charge is 0.328 e. The number of rotatable bonds is 6. The first kappa shape index (κ1) is 13.4. The Morgan fingerprint density at radius 2 is 2.28 bits per heavy atom. The van der Waals surface area contributed by atoms with Gasteiger partial charge in [-0.1, -0.05) is 0 Å². The fraction of sp³-hybridized carbons (Fsp3) is 0.769. The average molecular weight is 253 g/mol. The van der Waals surface area contributed by atoms with Crippen LogP contribution in [-0.4, -0.2) is 34.4 Å².